The van der Waals surface area contributed by atoms with Gasteiger partial charge in [0.2, 0.25) is 0 Å². The van der Waals surface area contributed by atoms with Crippen LogP contribution in [-0.2, 0) is 4.74 Å². The van der Waals surface area contributed by atoms with Gasteiger partial charge in [-0.1, -0.05) is 0 Å². The van der Waals surface area contributed by atoms with Crippen molar-refractivity contribution in [2.24, 2.45) is 0 Å². The second kappa shape index (κ2) is 5.78. The molecule has 0 saturated carbocycles. The fourth-order valence-corrected chi connectivity index (χ4v) is 1.32. The van der Waals surface area contributed by atoms with Crippen molar-refractivity contribution in [2.45, 2.75) is 13.0 Å². The largest absolute Gasteiger partial charge is 0.383 e. The Kier molecular flexibility index (Phi) is 4.65. The molecule has 1 N–H and O–H groups in total. The molecule has 0 aliphatic rings. The van der Waals surface area contributed by atoms with Crippen molar-refractivity contribution in [1.29, 1.82) is 0 Å². The second-order valence-corrected chi connectivity index (χ2v) is 3.37. The molecule has 1 aromatic carbocycles. The van der Waals surface area contributed by atoms with E-state index < -0.39 is 11.6 Å². The lowest BCUT2D eigenvalue weighted by Gasteiger charge is -2.14. The number of nitrogens with one attached hydrogen (secondary N) is 1. The number of benzene rings is 1. The molecule has 0 aliphatic heterocycles. The average Bonchev–Trinajstić information content (AvgIpc) is 2.16. The third-order valence-electron chi connectivity index (χ3n) is 2.14. The van der Waals surface area contributed by atoms with Crippen LogP contribution in [0.25, 0.3) is 0 Å². The summed E-state index contributed by atoms with van der Waals surface area (Å²) in [6, 6.07) is 3.43. The maximum Gasteiger partial charge on any atom is 0.126 e. The zero-order valence-electron chi connectivity index (χ0n) is 8.89. The molecule has 0 aliphatic carbocycles. The Labute approximate surface area is 88.3 Å². The Morgan fingerprint density at radius 2 is 1.87 bits per heavy atom. The number of ether oxygens (including phenoxy) is 1. The van der Waals surface area contributed by atoms with E-state index in [2.05, 4.69) is 5.32 Å². The Morgan fingerprint density at radius 3 is 2.40 bits per heavy atom. The van der Waals surface area contributed by atoms with Crippen LogP contribution in [0.5, 0.6) is 0 Å². The first-order valence-corrected chi connectivity index (χ1v) is 4.82. The molecule has 0 fully saturated rings. The SMILES string of the molecule is COCCNC(C)c1cc(F)cc(F)c1. The van der Waals surface area contributed by atoms with E-state index in [0.717, 1.165) is 6.07 Å². The lowest BCUT2D eigenvalue weighted by molar-refractivity contribution is 0.196. The molecular weight excluding hydrogens is 200 g/mol. The summed E-state index contributed by atoms with van der Waals surface area (Å²) in [5.74, 6) is -1.10. The highest BCUT2D eigenvalue weighted by Gasteiger charge is 2.07. The Bertz CT molecular complexity index is 297. The summed E-state index contributed by atoms with van der Waals surface area (Å²) in [5, 5.41) is 3.10. The monoisotopic (exact) mass is 215 g/mol. The lowest BCUT2D eigenvalue weighted by atomic mass is 10.1. The highest BCUT2D eigenvalue weighted by molar-refractivity contribution is 5.20. The van der Waals surface area contributed by atoms with Crippen LogP contribution in [-0.4, -0.2) is 20.3 Å². The minimum absolute atomic E-state index is 0.0923. The topological polar surface area (TPSA) is 21.3 Å². The van der Waals surface area contributed by atoms with E-state index in [1.54, 1.807) is 7.11 Å². The van der Waals surface area contributed by atoms with Crippen molar-refractivity contribution in [3.63, 3.8) is 0 Å². The summed E-state index contributed by atoms with van der Waals surface area (Å²) >= 11 is 0. The maximum atomic E-state index is 12.9. The van der Waals surface area contributed by atoms with Crippen molar-refractivity contribution in [3.8, 4) is 0 Å². The van der Waals surface area contributed by atoms with E-state index in [4.69, 9.17) is 4.74 Å². The van der Waals surface area contributed by atoms with E-state index in [1.807, 2.05) is 6.92 Å². The van der Waals surface area contributed by atoms with Crippen molar-refractivity contribution in [1.82, 2.24) is 5.32 Å². The number of hydrogen-bond donors (Lipinski definition) is 1. The summed E-state index contributed by atoms with van der Waals surface area (Å²) in [4.78, 5) is 0. The first-order valence-electron chi connectivity index (χ1n) is 4.82. The molecule has 0 radical (unpaired) electrons. The zero-order valence-corrected chi connectivity index (χ0v) is 8.89. The number of halogens is 2. The third kappa shape index (κ3) is 3.93. The van der Waals surface area contributed by atoms with Crippen LogP contribution in [0.3, 0.4) is 0 Å². The van der Waals surface area contributed by atoms with E-state index in [0.29, 0.717) is 18.7 Å². The number of rotatable bonds is 5. The second-order valence-electron chi connectivity index (χ2n) is 3.37. The van der Waals surface area contributed by atoms with Gasteiger partial charge in [-0.25, -0.2) is 8.78 Å². The molecule has 1 rings (SSSR count). The van der Waals surface area contributed by atoms with Gasteiger partial charge >= 0.3 is 0 Å². The summed E-state index contributed by atoms with van der Waals surface area (Å²) in [7, 11) is 1.61. The van der Waals surface area contributed by atoms with Gasteiger partial charge in [-0.05, 0) is 24.6 Å². The molecule has 0 spiro atoms. The van der Waals surface area contributed by atoms with Gasteiger partial charge in [0.1, 0.15) is 11.6 Å². The van der Waals surface area contributed by atoms with Gasteiger partial charge in [-0.3, -0.25) is 0 Å². The molecular formula is C11H15F2NO. The molecule has 1 unspecified atom stereocenters. The molecule has 0 bridgehead atoms. The predicted octanol–water partition coefficient (Wildman–Crippen LogP) is 2.26. The van der Waals surface area contributed by atoms with Crippen molar-refractivity contribution >= 4 is 0 Å². The van der Waals surface area contributed by atoms with Crippen LogP contribution in [0.1, 0.15) is 18.5 Å². The van der Waals surface area contributed by atoms with Gasteiger partial charge in [-0.2, -0.15) is 0 Å². The van der Waals surface area contributed by atoms with Gasteiger partial charge < -0.3 is 10.1 Å². The van der Waals surface area contributed by atoms with E-state index in [1.165, 1.54) is 12.1 Å². The first kappa shape index (κ1) is 12.1. The van der Waals surface area contributed by atoms with Gasteiger partial charge in [0.15, 0.2) is 0 Å². The van der Waals surface area contributed by atoms with E-state index in [9.17, 15) is 8.78 Å². The van der Waals surface area contributed by atoms with E-state index in [-0.39, 0.29) is 6.04 Å². The van der Waals surface area contributed by atoms with Gasteiger partial charge in [-0.15, -0.1) is 0 Å². The molecule has 1 aromatic rings. The molecule has 84 valence electrons. The summed E-state index contributed by atoms with van der Waals surface area (Å²) in [5.41, 5.74) is 0.601. The fourth-order valence-electron chi connectivity index (χ4n) is 1.32. The predicted molar refractivity (Wildman–Crippen MR) is 54.7 cm³/mol. The Morgan fingerprint density at radius 1 is 1.27 bits per heavy atom. The van der Waals surface area contributed by atoms with Crippen LogP contribution in [0.15, 0.2) is 18.2 Å². The fraction of sp³-hybridized carbons (Fsp3) is 0.455. The summed E-state index contributed by atoms with van der Waals surface area (Å²) in [6.07, 6.45) is 0. The third-order valence-corrected chi connectivity index (χ3v) is 2.14. The maximum absolute atomic E-state index is 12.9. The molecule has 1 atom stereocenters. The highest BCUT2D eigenvalue weighted by Crippen LogP contribution is 2.15. The Hall–Kier alpha value is -1.00. The smallest absolute Gasteiger partial charge is 0.126 e. The molecule has 2 nitrogen and oxygen atoms in total. The normalized spacial score (nSPS) is 12.8. The van der Waals surface area contributed by atoms with Crippen LogP contribution in [0.4, 0.5) is 8.78 Å². The number of methoxy groups -OCH3 is 1. The quantitative estimate of drug-likeness (QED) is 0.761. The van der Waals surface area contributed by atoms with E-state index >= 15 is 0 Å². The van der Waals surface area contributed by atoms with Gasteiger partial charge in [0.05, 0.1) is 6.61 Å². The van der Waals surface area contributed by atoms with Crippen LogP contribution >= 0.6 is 0 Å². The van der Waals surface area contributed by atoms with Crippen molar-refractivity contribution in [3.05, 3.63) is 35.4 Å². The van der Waals surface area contributed by atoms with Crippen molar-refractivity contribution in [2.75, 3.05) is 20.3 Å². The first-order chi connectivity index (χ1) is 7.13. The minimum Gasteiger partial charge on any atom is -0.383 e. The standard InChI is InChI=1S/C11H15F2NO/c1-8(14-3-4-15-2)9-5-10(12)7-11(13)6-9/h5-8,14H,3-4H2,1-2H3. The highest BCUT2D eigenvalue weighted by atomic mass is 19.1. The van der Waals surface area contributed by atoms with Gasteiger partial charge in [0.25, 0.3) is 0 Å². The van der Waals surface area contributed by atoms with Crippen LogP contribution in [0, 0.1) is 11.6 Å². The molecule has 15 heavy (non-hydrogen) atoms. The summed E-state index contributed by atoms with van der Waals surface area (Å²) < 4.78 is 30.6. The minimum atomic E-state index is -0.551. The van der Waals surface area contributed by atoms with Crippen LogP contribution < -0.4 is 5.32 Å². The molecule has 0 heterocycles. The van der Waals surface area contributed by atoms with Gasteiger partial charge in [0, 0.05) is 25.8 Å². The summed E-state index contributed by atoms with van der Waals surface area (Å²) in [6.45, 7) is 3.07. The lowest BCUT2D eigenvalue weighted by Crippen LogP contribution is -2.23. The zero-order chi connectivity index (χ0) is 11.3. The molecule has 0 aromatic heterocycles. The molecule has 0 amide bonds. The average molecular weight is 215 g/mol. The number of hydrogen-bond acceptors (Lipinski definition) is 2. The van der Waals surface area contributed by atoms with Crippen LogP contribution in [0.2, 0.25) is 0 Å². The Balaban J connectivity index is 2.60. The molecule has 4 heteroatoms. The molecule has 0 saturated heterocycles. The van der Waals surface area contributed by atoms with Crippen molar-refractivity contribution < 1.29 is 13.5 Å².